The predicted molar refractivity (Wildman–Crippen MR) is 110 cm³/mol. The fourth-order valence-corrected chi connectivity index (χ4v) is 3.87. The van der Waals surface area contributed by atoms with Crippen LogP contribution in [-0.2, 0) is 14.8 Å². The molecule has 0 bridgehead atoms. The molecule has 1 amide bonds. The second kappa shape index (κ2) is 9.24. The molecule has 1 N–H and O–H groups in total. The van der Waals surface area contributed by atoms with E-state index in [2.05, 4.69) is 19.2 Å². The van der Waals surface area contributed by atoms with Gasteiger partial charge in [-0.05, 0) is 36.1 Å². The highest BCUT2D eigenvalue weighted by Crippen LogP contribution is 2.23. The molecule has 0 aliphatic rings. The number of carbonyl (C=O) groups is 1. The van der Waals surface area contributed by atoms with Gasteiger partial charge in [0, 0.05) is 5.02 Å². The highest BCUT2D eigenvalue weighted by Gasteiger charge is 2.23. The third-order valence-electron chi connectivity index (χ3n) is 4.03. The van der Waals surface area contributed by atoms with E-state index in [0.29, 0.717) is 16.6 Å². The molecular weight excluding hydrogens is 384 g/mol. The minimum absolute atomic E-state index is 0.181. The zero-order valence-electron chi connectivity index (χ0n) is 15.7. The van der Waals surface area contributed by atoms with Crippen LogP contribution >= 0.6 is 11.6 Å². The quantitative estimate of drug-likeness (QED) is 0.717. The van der Waals surface area contributed by atoms with Crippen LogP contribution < -0.4 is 9.62 Å². The molecule has 0 unspecified atom stereocenters. The van der Waals surface area contributed by atoms with Crippen LogP contribution in [0.5, 0.6) is 0 Å². The second-order valence-electron chi connectivity index (χ2n) is 6.91. The molecule has 7 heteroatoms. The van der Waals surface area contributed by atoms with Crippen LogP contribution in [0, 0.1) is 5.92 Å². The fraction of sp³-hybridized carbons (Fsp3) is 0.350. The number of carbonyl (C=O) groups excluding carboxylic acids is 1. The van der Waals surface area contributed by atoms with Crippen LogP contribution in [0.25, 0.3) is 0 Å². The van der Waals surface area contributed by atoms with Crippen LogP contribution in [0.4, 0.5) is 5.69 Å². The zero-order valence-corrected chi connectivity index (χ0v) is 17.3. The van der Waals surface area contributed by atoms with Crippen LogP contribution in [0.15, 0.2) is 54.6 Å². The van der Waals surface area contributed by atoms with Gasteiger partial charge in [0.25, 0.3) is 0 Å². The average molecular weight is 409 g/mol. The normalized spacial score (nSPS) is 12.6. The Bertz CT molecular complexity index is 870. The maximum Gasteiger partial charge on any atom is 0.241 e. The summed E-state index contributed by atoms with van der Waals surface area (Å²) in [4.78, 5) is 12.7. The number of nitrogens with zero attached hydrogens (tertiary/aromatic N) is 1. The number of hydrogen-bond acceptors (Lipinski definition) is 3. The van der Waals surface area contributed by atoms with E-state index in [1.165, 1.54) is 6.07 Å². The van der Waals surface area contributed by atoms with Crippen molar-refractivity contribution in [1.82, 2.24) is 5.32 Å². The molecule has 2 aromatic rings. The Balaban J connectivity index is 2.21. The SMILES string of the molecule is CC(C)C[C@@H](NC(=O)CN(c1cccc(Cl)c1)S(C)(=O)=O)c1ccccc1. The molecule has 5 nitrogen and oxygen atoms in total. The van der Waals surface area contributed by atoms with E-state index in [9.17, 15) is 13.2 Å². The van der Waals surface area contributed by atoms with Crippen molar-refractivity contribution in [3.05, 3.63) is 65.2 Å². The van der Waals surface area contributed by atoms with Crippen molar-refractivity contribution in [3.63, 3.8) is 0 Å². The van der Waals surface area contributed by atoms with Gasteiger partial charge in [0.1, 0.15) is 6.54 Å². The lowest BCUT2D eigenvalue weighted by Crippen LogP contribution is -2.41. The minimum Gasteiger partial charge on any atom is -0.348 e. The number of amides is 1. The number of benzene rings is 2. The van der Waals surface area contributed by atoms with Gasteiger partial charge in [-0.15, -0.1) is 0 Å². The Hall–Kier alpha value is -2.05. The van der Waals surface area contributed by atoms with E-state index in [1.54, 1.807) is 18.2 Å². The first-order valence-corrected chi connectivity index (χ1v) is 11.0. The monoisotopic (exact) mass is 408 g/mol. The van der Waals surface area contributed by atoms with Crippen LogP contribution in [0.3, 0.4) is 0 Å². The number of rotatable bonds is 8. The molecule has 0 aliphatic carbocycles. The van der Waals surface area contributed by atoms with Crippen LogP contribution in [0.1, 0.15) is 31.9 Å². The Kier molecular flexibility index (Phi) is 7.27. The molecular formula is C20H25ClN2O3S. The molecule has 0 fully saturated rings. The zero-order chi connectivity index (χ0) is 20.0. The van der Waals surface area contributed by atoms with Gasteiger partial charge in [-0.3, -0.25) is 9.10 Å². The lowest BCUT2D eigenvalue weighted by atomic mass is 9.97. The average Bonchev–Trinajstić information content (AvgIpc) is 2.58. The van der Waals surface area contributed by atoms with Gasteiger partial charge in [-0.25, -0.2) is 8.42 Å². The van der Waals surface area contributed by atoms with Gasteiger partial charge in [0.15, 0.2) is 0 Å². The molecule has 0 spiro atoms. The summed E-state index contributed by atoms with van der Waals surface area (Å²) >= 11 is 5.98. The topological polar surface area (TPSA) is 66.5 Å². The first-order valence-electron chi connectivity index (χ1n) is 8.74. The molecule has 27 heavy (non-hydrogen) atoms. The first kappa shape index (κ1) is 21.3. The smallest absolute Gasteiger partial charge is 0.241 e. The third kappa shape index (κ3) is 6.56. The summed E-state index contributed by atoms with van der Waals surface area (Å²) in [6.07, 6.45) is 1.83. The molecule has 0 heterocycles. The molecule has 0 aliphatic heterocycles. The van der Waals surface area contributed by atoms with E-state index in [1.807, 2.05) is 30.3 Å². The van der Waals surface area contributed by atoms with Crippen molar-refractivity contribution in [2.75, 3.05) is 17.1 Å². The standard InChI is InChI=1S/C20H25ClN2O3S/c1-15(2)12-19(16-8-5-4-6-9-16)22-20(24)14-23(27(3,25)26)18-11-7-10-17(21)13-18/h4-11,13,15,19H,12,14H2,1-3H3,(H,22,24)/t19-/m1/s1. The highest BCUT2D eigenvalue weighted by atomic mass is 35.5. The number of hydrogen-bond donors (Lipinski definition) is 1. The number of nitrogens with one attached hydrogen (secondary N) is 1. The van der Waals surface area contributed by atoms with E-state index in [0.717, 1.165) is 22.5 Å². The van der Waals surface area contributed by atoms with Gasteiger partial charge in [0.2, 0.25) is 15.9 Å². The third-order valence-corrected chi connectivity index (χ3v) is 5.40. The molecule has 2 rings (SSSR count). The van der Waals surface area contributed by atoms with E-state index < -0.39 is 10.0 Å². The minimum atomic E-state index is -3.64. The van der Waals surface area contributed by atoms with Crippen LogP contribution in [-0.4, -0.2) is 27.1 Å². The Morgan fingerprint density at radius 1 is 1.11 bits per heavy atom. The number of anilines is 1. The van der Waals surface area contributed by atoms with Gasteiger partial charge in [0.05, 0.1) is 18.0 Å². The van der Waals surface area contributed by atoms with Gasteiger partial charge in [-0.1, -0.05) is 61.8 Å². The van der Waals surface area contributed by atoms with Crippen molar-refractivity contribution in [1.29, 1.82) is 0 Å². The maximum absolute atomic E-state index is 12.7. The van der Waals surface area contributed by atoms with E-state index >= 15 is 0 Å². The Labute approximate surface area is 166 Å². The molecule has 1 atom stereocenters. The molecule has 0 saturated heterocycles. The second-order valence-corrected chi connectivity index (χ2v) is 9.25. The van der Waals surface area contributed by atoms with Crippen molar-refractivity contribution in [2.24, 2.45) is 5.92 Å². The number of sulfonamides is 1. The summed E-state index contributed by atoms with van der Waals surface area (Å²) in [6, 6.07) is 15.9. The number of halogens is 1. The predicted octanol–water partition coefficient (Wildman–Crippen LogP) is 4.01. The molecule has 0 radical (unpaired) electrons. The highest BCUT2D eigenvalue weighted by molar-refractivity contribution is 7.92. The van der Waals surface area contributed by atoms with Crippen molar-refractivity contribution >= 4 is 33.2 Å². The largest absolute Gasteiger partial charge is 0.348 e. The lowest BCUT2D eigenvalue weighted by molar-refractivity contribution is -0.120. The van der Waals surface area contributed by atoms with Crippen molar-refractivity contribution in [3.8, 4) is 0 Å². The molecule has 0 aromatic heterocycles. The van der Waals surface area contributed by atoms with Crippen molar-refractivity contribution in [2.45, 2.75) is 26.3 Å². The summed E-state index contributed by atoms with van der Waals surface area (Å²) in [5, 5.41) is 3.38. The summed E-state index contributed by atoms with van der Waals surface area (Å²) in [5.74, 6) is 0.00403. The first-order chi connectivity index (χ1) is 12.7. The van der Waals surface area contributed by atoms with Gasteiger partial charge >= 0.3 is 0 Å². The van der Waals surface area contributed by atoms with Crippen molar-refractivity contribution < 1.29 is 13.2 Å². The fourth-order valence-electron chi connectivity index (χ4n) is 2.84. The maximum atomic E-state index is 12.7. The lowest BCUT2D eigenvalue weighted by Gasteiger charge is -2.25. The molecule has 0 saturated carbocycles. The summed E-state index contributed by atoms with van der Waals surface area (Å²) in [6.45, 7) is 3.86. The van der Waals surface area contributed by atoms with Gasteiger partial charge in [-0.2, -0.15) is 0 Å². The molecule has 2 aromatic carbocycles. The molecule has 146 valence electrons. The van der Waals surface area contributed by atoms with Crippen LogP contribution in [0.2, 0.25) is 5.02 Å². The summed E-state index contributed by atoms with van der Waals surface area (Å²) < 4.78 is 25.5. The Morgan fingerprint density at radius 3 is 2.33 bits per heavy atom. The summed E-state index contributed by atoms with van der Waals surface area (Å²) in [5.41, 5.74) is 1.36. The Morgan fingerprint density at radius 2 is 1.78 bits per heavy atom. The van der Waals surface area contributed by atoms with E-state index in [4.69, 9.17) is 11.6 Å². The summed E-state index contributed by atoms with van der Waals surface area (Å²) in [7, 11) is -3.64. The van der Waals surface area contributed by atoms with Gasteiger partial charge < -0.3 is 5.32 Å². The van der Waals surface area contributed by atoms with E-state index in [-0.39, 0.29) is 18.5 Å².